The lowest BCUT2D eigenvalue weighted by Gasteiger charge is -2.24. The predicted molar refractivity (Wildman–Crippen MR) is 106 cm³/mol. The van der Waals surface area contributed by atoms with Crippen LogP contribution < -0.4 is 16.8 Å². The first-order valence-electron chi connectivity index (χ1n) is 9.39. The highest BCUT2D eigenvalue weighted by Gasteiger charge is 2.23. The van der Waals surface area contributed by atoms with Crippen LogP contribution in [0, 0.1) is 0 Å². The Kier molecular flexibility index (Phi) is 4.51. The lowest BCUT2D eigenvalue weighted by atomic mass is 9.85. The minimum absolute atomic E-state index is 0.333. The number of aryl methyl sites for hydroxylation is 1. The summed E-state index contributed by atoms with van der Waals surface area (Å²) >= 11 is 0. The van der Waals surface area contributed by atoms with Crippen LogP contribution >= 0.6 is 0 Å². The Morgan fingerprint density at radius 1 is 1.19 bits per heavy atom. The number of nitrogens with two attached hydrogens (primary N) is 2. The Balaban J connectivity index is 1.67. The molecule has 0 amide bonds. The Bertz CT molecular complexity index is 908. The first kappa shape index (κ1) is 16.8. The third-order valence-electron chi connectivity index (χ3n) is 5.27. The van der Waals surface area contributed by atoms with Gasteiger partial charge in [-0.1, -0.05) is 19.1 Å². The van der Waals surface area contributed by atoms with E-state index < -0.39 is 0 Å². The highest BCUT2D eigenvalue weighted by Crippen LogP contribution is 2.33. The number of fused-ring (bicyclic) bond motifs is 1. The molecule has 1 aromatic carbocycles. The number of benzene rings is 1. The molecule has 5 N–H and O–H groups in total. The molecule has 0 unspecified atom stereocenters. The van der Waals surface area contributed by atoms with Crippen LogP contribution in [0.1, 0.15) is 49.8 Å². The Labute approximate surface area is 153 Å². The summed E-state index contributed by atoms with van der Waals surface area (Å²) < 4.78 is 1.80. The van der Waals surface area contributed by atoms with Crippen LogP contribution in [0.3, 0.4) is 0 Å². The Hall–Kier alpha value is -2.60. The molecule has 4 rings (SSSR count). The number of aromatic nitrogens is 3. The fraction of sp³-hybridized carbons (Fsp3) is 0.400. The van der Waals surface area contributed by atoms with Gasteiger partial charge in [0.05, 0.1) is 17.6 Å². The van der Waals surface area contributed by atoms with Crippen molar-refractivity contribution in [1.82, 2.24) is 14.6 Å². The standard InChI is InChI=1S/C20H26N6/c1-2-13-4-3-5-16(10-13)23-17-11-19(22)25-26-12-18(24-20(17)26)14-6-8-15(21)9-7-14/h3-5,10-12,14-15,23H,2,6-9,21H2,1H3,(H2,22,25). The van der Waals surface area contributed by atoms with Gasteiger partial charge in [-0.2, -0.15) is 0 Å². The second-order valence-corrected chi connectivity index (χ2v) is 7.21. The minimum atomic E-state index is 0.333. The fourth-order valence-electron chi connectivity index (χ4n) is 3.74. The molecule has 6 heteroatoms. The maximum atomic E-state index is 6.04. The number of nitrogen functional groups attached to an aromatic ring is 1. The molecule has 6 nitrogen and oxygen atoms in total. The van der Waals surface area contributed by atoms with Gasteiger partial charge in [-0.15, -0.1) is 5.10 Å². The summed E-state index contributed by atoms with van der Waals surface area (Å²) in [6.07, 6.45) is 7.30. The summed E-state index contributed by atoms with van der Waals surface area (Å²) in [4.78, 5) is 4.88. The summed E-state index contributed by atoms with van der Waals surface area (Å²) in [7, 11) is 0. The molecule has 0 radical (unpaired) electrons. The van der Waals surface area contributed by atoms with Crippen molar-refractivity contribution in [2.75, 3.05) is 11.1 Å². The second-order valence-electron chi connectivity index (χ2n) is 7.21. The SMILES string of the molecule is CCc1cccc(Nc2cc(N)nn3cc(C4CCC(N)CC4)nc23)c1. The van der Waals surface area contributed by atoms with Crippen molar-refractivity contribution in [2.24, 2.45) is 5.73 Å². The van der Waals surface area contributed by atoms with E-state index in [1.54, 1.807) is 4.52 Å². The highest BCUT2D eigenvalue weighted by atomic mass is 15.3. The summed E-state index contributed by atoms with van der Waals surface area (Å²) in [6, 6.07) is 10.6. The average molecular weight is 350 g/mol. The third-order valence-corrected chi connectivity index (χ3v) is 5.27. The van der Waals surface area contributed by atoms with E-state index in [9.17, 15) is 0 Å². The normalized spacial score (nSPS) is 20.4. The van der Waals surface area contributed by atoms with Crippen molar-refractivity contribution in [3.8, 4) is 0 Å². The van der Waals surface area contributed by atoms with E-state index in [0.29, 0.717) is 17.8 Å². The monoisotopic (exact) mass is 350 g/mol. The van der Waals surface area contributed by atoms with Crippen LogP contribution in [0.2, 0.25) is 0 Å². The van der Waals surface area contributed by atoms with E-state index in [-0.39, 0.29) is 0 Å². The molecular formula is C20H26N6. The molecule has 26 heavy (non-hydrogen) atoms. The molecule has 1 aliphatic carbocycles. The van der Waals surface area contributed by atoms with Gasteiger partial charge in [-0.3, -0.25) is 0 Å². The molecular weight excluding hydrogens is 324 g/mol. The van der Waals surface area contributed by atoms with Gasteiger partial charge in [0, 0.05) is 23.7 Å². The van der Waals surface area contributed by atoms with Crippen LogP contribution in [-0.2, 0) is 6.42 Å². The van der Waals surface area contributed by atoms with Crippen LogP contribution in [0.4, 0.5) is 17.2 Å². The average Bonchev–Trinajstić information content (AvgIpc) is 3.06. The van der Waals surface area contributed by atoms with Crippen LogP contribution in [0.25, 0.3) is 5.65 Å². The van der Waals surface area contributed by atoms with Crippen LogP contribution in [0.15, 0.2) is 36.5 Å². The highest BCUT2D eigenvalue weighted by molar-refractivity contribution is 5.75. The Morgan fingerprint density at radius 2 is 2.00 bits per heavy atom. The zero-order valence-corrected chi connectivity index (χ0v) is 15.2. The summed E-state index contributed by atoms with van der Waals surface area (Å²) in [5.41, 5.74) is 17.2. The first-order chi connectivity index (χ1) is 12.6. The third kappa shape index (κ3) is 3.37. The van der Waals surface area contributed by atoms with Crippen molar-refractivity contribution in [3.63, 3.8) is 0 Å². The quantitative estimate of drug-likeness (QED) is 0.668. The van der Waals surface area contributed by atoms with Gasteiger partial charge in [0.2, 0.25) is 0 Å². The molecule has 1 fully saturated rings. The molecule has 0 atom stereocenters. The van der Waals surface area contributed by atoms with Gasteiger partial charge in [0.25, 0.3) is 0 Å². The van der Waals surface area contributed by atoms with Crippen molar-refractivity contribution < 1.29 is 0 Å². The molecule has 1 aliphatic rings. The predicted octanol–water partition coefficient (Wildman–Crippen LogP) is 3.60. The van der Waals surface area contributed by atoms with Gasteiger partial charge in [-0.05, 0) is 49.8 Å². The molecule has 0 bridgehead atoms. The Morgan fingerprint density at radius 3 is 2.77 bits per heavy atom. The summed E-state index contributed by atoms with van der Waals surface area (Å²) in [6.45, 7) is 2.15. The van der Waals surface area contributed by atoms with Crippen molar-refractivity contribution in [1.29, 1.82) is 0 Å². The fourth-order valence-corrected chi connectivity index (χ4v) is 3.74. The van der Waals surface area contributed by atoms with Crippen LogP contribution in [-0.4, -0.2) is 20.6 Å². The van der Waals surface area contributed by atoms with E-state index in [2.05, 4.69) is 41.6 Å². The van der Waals surface area contributed by atoms with E-state index in [1.165, 1.54) is 5.56 Å². The van der Waals surface area contributed by atoms with Crippen molar-refractivity contribution >= 4 is 22.8 Å². The topological polar surface area (TPSA) is 94.3 Å². The van der Waals surface area contributed by atoms with E-state index in [4.69, 9.17) is 16.5 Å². The summed E-state index contributed by atoms with van der Waals surface area (Å²) in [5.74, 6) is 0.926. The maximum absolute atomic E-state index is 6.04. The lowest BCUT2D eigenvalue weighted by molar-refractivity contribution is 0.391. The number of anilines is 3. The zero-order valence-electron chi connectivity index (χ0n) is 15.2. The number of rotatable bonds is 4. The molecule has 3 aromatic rings. The van der Waals surface area contributed by atoms with Gasteiger partial charge in [-0.25, -0.2) is 9.50 Å². The number of nitrogens with zero attached hydrogens (tertiary/aromatic N) is 3. The van der Waals surface area contributed by atoms with Gasteiger partial charge in [0.15, 0.2) is 5.65 Å². The van der Waals surface area contributed by atoms with Gasteiger partial charge >= 0.3 is 0 Å². The number of hydrogen-bond acceptors (Lipinski definition) is 5. The van der Waals surface area contributed by atoms with Crippen molar-refractivity contribution in [2.45, 2.75) is 51.0 Å². The van der Waals surface area contributed by atoms with E-state index in [0.717, 1.165) is 54.8 Å². The minimum Gasteiger partial charge on any atom is -0.382 e. The number of hydrogen-bond donors (Lipinski definition) is 3. The van der Waals surface area contributed by atoms with Gasteiger partial charge < -0.3 is 16.8 Å². The molecule has 0 saturated heterocycles. The van der Waals surface area contributed by atoms with E-state index >= 15 is 0 Å². The zero-order chi connectivity index (χ0) is 18.1. The second kappa shape index (κ2) is 6.96. The largest absolute Gasteiger partial charge is 0.382 e. The van der Waals surface area contributed by atoms with E-state index in [1.807, 2.05) is 12.3 Å². The summed E-state index contributed by atoms with van der Waals surface area (Å²) in [5, 5.41) is 7.87. The van der Waals surface area contributed by atoms with Gasteiger partial charge in [0.1, 0.15) is 5.82 Å². The first-order valence-corrected chi connectivity index (χ1v) is 9.39. The van der Waals surface area contributed by atoms with Crippen molar-refractivity contribution in [3.05, 3.63) is 47.8 Å². The molecule has 1 saturated carbocycles. The maximum Gasteiger partial charge on any atom is 0.177 e. The number of nitrogens with one attached hydrogen (secondary N) is 1. The molecule has 136 valence electrons. The lowest BCUT2D eigenvalue weighted by Crippen LogP contribution is -2.25. The molecule has 2 heterocycles. The molecule has 2 aromatic heterocycles. The molecule has 0 aliphatic heterocycles. The smallest absolute Gasteiger partial charge is 0.177 e. The molecule has 0 spiro atoms. The number of imidazole rings is 1. The van der Waals surface area contributed by atoms with Crippen LogP contribution in [0.5, 0.6) is 0 Å².